The molecule has 1 N–H and O–H groups in total. The van der Waals surface area contributed by atoms with Crippen molar-refractivity contribution >= 4 is 46.0 Å². The van der Waals surface area contributed by atoms with Gasteiger partial charge in [0.1, 0.15) is 11.0 Å². The highest BCUT2D eigenvalue weighted by Gasteiger charge is 2.16. The van der Waals surface area contributed by atoms with Gasteiger partial charge in [0.2, 0.25) is 5.91 Å². The molecule has 1 aromatic heterocycles. The second-order valence-electron chi connectivity index (χ2n) is 5.20. The Morgan fingerprint density at radius 2 is 2.00 bits per heavy atom. The Balaban J connectivity index is 1.69. The van der Waals surface area contributed by atoms with Gasteiger partial charge in [0.25, 0.3) is 0 Å². The summed E-state index contributed by atoms with van der Waals surface area (Å²) in [6.45, 7) is 1.96. The molecule has 1 aromatic carbocycles. The van der Waals surface area contributed by atoms with Crippen LogP contribution in [0, 0.1) is 0 Å². The summed E-state index contributed by atoms with van der Waals surface area (Å²) in [6.07, 6.45) is 4.62. The number of carbonyl (C=O) groups is 1. The smallest absolute Gasteiger partial charge is 0.241 e. The number of hydrogen-bond acceptors (Lipinski definition) is 5. The SMILES string of the molecule is O=C(CNc1c(Cl)ccc2nsnc12)N1CCCCCC1. The summed E-state index contributed by atoms with van der Waals surface area (Å²) >= 11 is 7.35. The van der Waals surface area contributed by atoms with Crippen LogP contribution in [0.25, 0.3) is 11.0 Å². The van der Waals surface area contributed by atoms with Gasteiger partial charge in [0.05, 0.1) is 29.0 Å². The fourth-order valence-corrected chi connectivity index (χ4v) is 3.35. The minimum atomic E-state index is 0.119. The van der Waals surface area contributed by atoms with Gasteiger partial charge in [-0.2, -0.15) is 8.75 Å². The van der Waals surface area contributed by atoms with Crippen molar-refractivity contribution in [1.82, 2.24) is 13.6 Å². The number of hydrogen-bond donors (Lipinski definition) is 1. The van der Waals surface area contributed by atoms with Crippen molar-refractivity contribution in [2.24, 2.45) is 0 Å². The molecule has 1 amide bonds. The van der Waals surface area contributed by atoms with Gasteiger partial charge in [-0.3, -0.25) is 4.79 Å². The Hall–Kier alpha value is -1.40. The molecule has 1 aliphatic rings. The fourth-order valence-electron chi connectivity index (χ4n) is 2.59. The molecule has 0 radical (unpaired) electrons. The van der Waals surface area contributed by atoms with Gasteiger partial charge in [-0.05, 0) is 25.0 Å². The Morgan fingerprint density at radius 1 is 1.24 bits per heavy atom. The molecule has 0 atom stereocenters. The lowest BCUT2D eigenvalue weighted by atomic mass is 10.2. The maximum atomic E-state index is 12.3. The number of likely N-dealkylation sites (tertiary alicyclic amines) is 1. The van der Waals surface area contributed by atoms with Gasteiger partial charge in [-0.1, -0.05) is 24.4 Å². The van der Waals surface area contributed by atoms with Crippen LogP contribution in [-0.2, 0) is 4.79 Å². The molecule has 21 heavy (non-hydrogen) atoms. The average molecular weight is 325 g/mol. The lowest BCUT2D eigenvalue weighted by Gasteiger charge is -2.21. The molecule has 1 fully saturated rings. The van der Waals surface area contributed by atoms with E-state index >= 15 is 0 Å². The van der Waals surface area contributed by atoms with Crippen molar-refractivity contribution in [3.05, 3.63) is 17.2 Å². The number of halogens is 1. The maximum absolute atomic E-state index is 12.3. The third kappa shape index (κ3) is 3.27. The molecule has 0 unspecified atom stereocenters. The van der Waals surface area contributed by atoms with Crippen LogP contribution in [0.3, 0.4) is 0 Å². The topological polar surface area (TPSA) is 58.1 Å². The third-order valence-electron chi connectivity index (χ3n) is 3.75. The first-order chi connectivity index (χ1) is 10.3. The van der Waals surface area contributed by atoms with Crippen LogP contribution in [0.15, 0.2) is 12.1 Å². The molecule has 5 nitrogen and oxygen atoms in total. The number of aromatic nitrogens is 2. The normalized spacial score (nSPS) is 16.0. The van der Waals surface area contributed by atoms with Crippen molar-refractivity contribution in [2.75, 3.05) is 25.0 Å². The van der Waals surface area contributed by atoms with Gasteiger partial charge in [0.15, 0.2) is 0 Å². The predicted molar refractivity (Wildman–Crippen MR) is 86.0 cm³/mol. The number of nitrogens with zero attached hydrogens (tertiary/aromatic N) is 3. The van der Waals surface area contributed by atoms with Crippen molar-refractivity contribution in [3.8, 4) is 0 Å². The molecule has 0 saturated carbocycles. The van der Waals surface area contributed by atoms with Crippen molar-refractivity contribution in [3.63, 3.8) is 0 Å². The van der Waals surface area contributed by atoms with Gasteiger partial charge in [-0.25, -0.2) is 0 Å². The first kappa shape index (κ1) is 14.5. The van der Waals surface area contributed by atoms with Crippen molar-refractivity contribution in [1.29, 1.82) is 0 Å². The number of rotatable bonds is 3. The molecule has 7 heteroatoms. The van der Waals surface area contributed by atoms with Crippen LogP contribution in [0.2, 0.25) is 5.02 Å². The van der Waals surface area contributed by atoms with E-state index in [2.05, 4.69) is 14.1 Å². The summed E-state index contributed by atoms with van der Waals surface area (Å²) in [5.74, 6) is 0.119. The second kappa shape index (κ2) is 6.58. The Kier molecular flexibility index (Phi) is 4.55. The van der Waals surface area contributed by atoms with Crippen LogP contribution in [0.1, 0.15) is 25.7 Å². The quantitative estimate of drug-likeness (QED) is 0.942. The first-order valence-electron chi connectivity index (χ1n) is 7.18. The zero-order valence-corrected chi connectivity index (χ0v) is 13.2. The number of anilines is 1. The fraction of sp³-hybridized carbons (Fsp3) is 0.500. The molecule has 0 bridgehead atoms. The number of fused-ring (bicyclic) bond motifs is 1. The first-order valence-corrected chi connectivity index (χ1v) is 8.29. The van der Waals surface area contributed by atoms with E-state index in [-0.39, 0.29) is 12.5 Å². The van der Waals surface area contributed by atoms with E-state index in [0.717, 1.165) is 48.7 Å². The molecule has 0 aliphatic carbocycles. The van der Waals surface area contributed by atoms with E-state index in [9.17, 15) is 4.79 Å². The molecule has 1 aliphatic heterocycles. The molecular weight excluding hydrogens is 308 g/mol. The second-order valence-corrected chi connectivity index (χ2v) is 6.14. The zero-order chi connectivity index (χ0) is 14.7. The minimum Gasteiger partial charge on any atom is -0.373 e. The third-order valence-corrected chi connectivity index (χ3v) is 4.61. The molecule has 3 rings (SSSR count). The molecule has 0 spiro atoms. The van der Waals surface area contributed by atoms with Gasteiger partial charge in [0, 0.05) is 13.1 Å². The highest BCUT2D eigenvalue weighted by atomic mass is 35.5. The Bertz CT molecular complexity index is 637. The standard InChI is InChI=1S/C14H17ClN4OS/c15-10-5-6-11-14(18-21-17-11)13(10)16-9-12(20)19-7-3-1-2-4-8-19/h5-6,16H,1-4,7-9H2. The summed E-state index contributed by atoms with van der Waals surface area (Å²) in [6, 6.07) is 3.62. The summed E-state index contributed by atoms with van der Waals surface area (Å²) in [7, 11) is 0. The highest BCUT2D eigenvalue weighted by Crippen LogP contribution is 2.29. The Morgan fingerprint density at radius 3 is 2.76 bits per heavy atom. The summed E-state index contributed by atoms with van der Waals surface area (Å²) in [5, 5.41) is 3.71. The lowest BCUT2D eigenvalue weighted by molar-refractivity contribution is -0.129. The van der Waals surface area contributed by atoms with E-state index < -0.39 is 0 Å². The largest absolute Gasteiger partial charge is 0.373 e. The van der Waals surface area contributed by atoms with E-state index in [1.54, 1.807) is 6.07 Å². The van der Waals surface area contributed by atoms with E-state index in [1.807, 2.05) is 11.0 Å². The van der Waals surface area contributed by atoms with Crippen molar-refractivity contribution in [2.45, 2.75) is 25.7 Å². The van der Waals surface area contributed by atoms with Gasteiger partial charge >= 0.3 is 0 Å². The van der Waals surface area contributed by atoms with Crippen molar-refractivity contribution < 1.29 is 4.79 Å². The van der Waals surface area contributed by atoms with Gasteiger partial charge < -0.3 is 10.2 Å². The van der Waals surface area contributed by atoms with Crippen LogP contribution >= 0.6 is 23.3 Å². The monoisotopic (exact) mass is 324 g/mol. The summed E-state index contributed by atoms with van der Waals surface area (Å²) < 4.78 is 8.43. The molecular formula is C14H17ClN4OS. The maximum Gasteiger partial charge on any atom is 0.241 e. The number of benzene rings is 1. The summed E-state index contributed by atoms with van der Waals surface area (Å²) in [5.41, 5.74) is 2.23. The van der Waals surface area contributed by atoms with Crippen LogP contribution < -0.4 is 5.32 Å². The average Bonchev–Trinajstić information content (AvgIpc) is 2.79. The summed E-state index contributed by atoms with van der Waals surface area (Å²) in [4.78, 5) is 14.2. The minimum absolute atomic E-state index is 0.119. The van der Waals surface area contributed by atoms with E-state index in [0.29, 0.717) is 10.7 Å². The lowest BCUT2D eigenvalue weighted by Crippen LogP contribution is -2.36. The molecule has 2 heterocycles. The predicted octanol–water partition coefficient (Wildman–Crippen LogP) is 3.16. The van der Waals surface area contributed by atoms with Crippen LogP contribution in [0.4, 0.5) is 5.69 Å². The van der Waals surface area contributed by atoms with E-state index in [1.165, 1.54) is 12.8 Å². The zero-order valence-electron chi connectivity index (χ0n) is 11.6. The number of nitrogens with one attached hydrogen (secondary N) is 1. The number of amides is 1. The number of carbonyl (C=O) groups excluding carboxylic acids is 1. The van der Waals surface area contributed by atoms with Gasteiger partial charge in [-0.15, -0.1) is 0 Å². The van der Waals surface area contributed by atoms with Crippen LogP contribution in [-0.4, -0.2) is 39.2 Å². The van der Waals surface area contributed by atoms with Crippen LogP contribution in [0.5, 0.6) is 0 Å². The highest BCUT2D eigenvalue weighted by molar-refractivity contribution is 7.00. The molecule has 1 saturated heterocycles. The Labute approximate surface area is 132 Å². The molecule has 2 aromatic rings. The van der Waals surface area contributed by atoms with E-state index in [4.69, 9.17) is 11.6 Å². The molecule has 112 valence electrons.